The van der Waals surface area contributed by atoms with Gasteiger partial charge in [-0.25, -0.2) is 9.59 Å². The van der Waals surface area contributed by atoms with Crippen molar-refractivity contribution >= 4 is 16.9 Å². The van der Waals surface area contributed by atoms with E-state index in [1.807, 2.05) is 19.1 Å². The summed E-state index contributed by atoms with van der Waals surface area (Å²) in [5, 5.41) is 0.856. The van der Waals surface area contributed by atoms with Gasteiger partial charge in [-0.3, -0.25) is 4.90 Å². The predicted molar refractivity (Wildman–Crippen MR) is 140 cm³/mol. The minimum absolute atomic E-state index is 0.422. The average Bonchev–Trinajstić information content (AvgIpc) is 2.89. The molecule has 6 nitrogen and oxygen atoms in total. The van der Waals surface area contributed by atoms with E-state index in [9.17, 15) is 9.59 Å². The highest BCUT2D eigenvalue weighted by Gasteiger charge is 2.18. The average molecular weight is 484 g/mol. The smallest absolute Gasteiger partial charge is 0.337 e. The van der Waals surface area contributed by atoms with Gasteiger partial charge in [-0.15, -0.1) is 0 Å². The molecule has 2 heterocycles. The van der Waals surface area contributed by atoms with Crippen molar-refractivity contribution in [2.24, 2.45) is 0 Å². The first kappa shape index (κ1) is 24.0. The van der Waals surface area contributed by atoms with Crippen molar-refractivity contribution in [3.63, 3.8) is 0 Å². The number of carbonyl (C=O) groups excluding carboxylic acids is 1. The van der Waals surface area contributed by atoms with Crippen molar-refractivity contribution in [1.29, 1.82) is 0 Å². The molecule has 0 bridgehead atoms. The van der Waals surface area contributed by atoms with Gasteiger partial charge >= 0.3 is 11.6 Å². The number of morpholine rings is 1. The lowest BCUT2D eigenvalue weighted by molar-refractivity contribution is 0.0342. The van der Waals surface area contributed by atoms with E-state index in [4.69, 9.17) is 13.9 Å². The normalized spacial score (nSPS) is 14.2. The van der Waals surface area contributed by atoms with Gasteiger partial charge in [0.1, 0.15) is 5.58 Å². The third-order valence-electron chi connectivity index (χ3n) is 6.83. The van der Waals surface area contributed by atoms with Gasteiger partial charge in [-0.1, -0.05) is 36.4 Å². The number of rotatable bonds is 5. The highest BCUT2D eigenvalue weighted by atomic mass is 16.5. The predicted octanol–water partition coefficient (Wildman–Crippen LogP) is 5.36. The largest absolute Gasteiger partial charge is 0.465 e. The van der Waals surface area contributed by atoms with Crippen molar-refractivity contribution in [2.75, 3.05) is 33.4 Å². The van der Waals surface area contributed by atoms with E-state index >= 15 is 0 Å². The minimum atomic E-state index is -0.431. The van der Waals surface area contributed by atoms with Crippen molar-refractivity contribution in [2.45, 2.75) is 20.4 Å². The summed E-state index contributed by atoms with van der Waals surface area (Å²) in [6, 6.07) is 19.2. The Hall–Kier alpha value is -3.74. The van der Waals surface area contributed by atoms with Crippen molar-refractivity contribution in [3.05, 3.63) is 93.3 Å². The Kier molecular flexibility index (Phi) is 6.72. The highest BCUT2D eigenvalue weighted by molar-refractivity contribution is 6.01. The molecule has 0 N–H and O–H groups in total. The number of ether oxygens (including phenoxy) is 2. The van der Waals surface area contributed by atoms with Gasteiger partial charge in [0.2, 0.25) is 0 Å². The number of carbonyl (C=O) groups is 1. The summed E-state index contributed by atoms with van der Waals surface area (Å²) in [5.41, 5.74) is 7.56. The summed E-state index contributed by atoms with van der Waals surface area (Å²) in [7, 11) is 1.35. The van der Waals surface area contributed by atoms with Gasteiger partial charge in [0.15, 0.2) is 0 Å². The fourth-order valence-corrected chi connectivity index (χ4v) is 5.09. The molecule has 1 aliphatic rings. The Morgan fingerprint density at radius 2 is 1.72 bits per heavy atom. The summed E-state index contributed by atoms with van der Waals surface area (Å²) in [5.74, 6) is -0.422. The lowest BCUT2D eigenvalue weighted by atomic mass is 9.89. The van der Waals surface area contributed by atoms with E-state index in [1.54, 1.807) is 18.2 Å². The molecule has 0 spiro atoms. The second-order valence-electron chi connectivity index (χ2n) is 9.20. The van der Waals surface area contributed by atoms with Crippen LogP contribution in [0.3, 0.4) is 0 Å². The Balaban J connectivity index is 1.59. The Bertz CT molecular complexity index is 1480. The maximum atomic E-state index is 12.5. The summed E-state index contributed by atoms with van der Waals surface area (Å²) < 4.78 is 16.0. The summed E-state index contributed by atoms with van der Waals surface area (Å²) in [6.07, 6.45) is 0. The molecule has 1 fully saturated rings. The van der Waals surface area contributed by atoms with Crippen LogP contribution in [0.1, 0.15) is 27.0 Å². The second kappa shape index (κ2) is 10.1. The van der Waals surface area contributed by atoms with E-state index in [1.165, 1.54) is 18.7 Å². The molecule has 1 aliphatic heterocycles. The van der Waals surface area contributed by atoms with Gasteiger partial charge in [-0.2, -0.15) is 0 Å². The van der Waals surface area contributed by atoms with Crippen LogP contribution in [0, 0.1) is 13.8 Å². The zero-order valence-corrected chi connectivity index (χ0v) is 20.8. The first-order valence-corrected chi connectivity index (χ1v) is 12.1. The maximum Gasteiger partial charge on any atom is 0.337 e. The zero-order valence-electron chi connectivity index (χ0n) is 20.8. The number of esters is 1. The lowest BCUT2D eigenvalue weighted by Crippen LogP contribution is -2.35. The zero-order chi connectivity index (χ0) is 25.2. The third-order valence-corrected chi connectivity index (χ3v) is 6.83. The van der Waals surface area contributed by atoms with E-state index in [2.05, 4.69) is 36.1 Å². The molecule has 3 aromatic carbocycles. The molecule has 36 heavy (non-hydrogen) atoms. The molecule has 0 unspecified atom stereocenters. The van der Waals surface area contributed by atoms with Crippen LogP contribution < -0.4 is 5.63 Å². The third kappa shape index (κ3) is 4.70. The highest BCUT2D eigenvalue weighted by Crippen LogP contribution is 2.38. The summed E-state index contributed by atoms with van der Waals surface area (Å²) in [4.78, 5) is 27.0. The minimum Gasteiger partial charge on any atom is -0.465 e. The van der Waals surface area contributed by atoms with Gasteiger partial charge in [0, 0.05) is 36.7 Å². The summed E-state index contributed by atoms with van der Waals surface area (Å²) in [6.45, 7) is 8.48. The number of hydrogen-bond donors (Lipinski definition) is 0. The topological polar surface area (TPSA) is 69.0 Å². The van der Waals surface area contributed by atoms with Crippen LogP contribution in [0.5, 0.6) is 0 Å². The number of fused-ring (bicyclic) bond motifs is 1. The number of methoxy groups -OCH3 is 1. The van der Waals surface area contributed by atoms with E-state index in [0.29, 0.717) is 11.1 Å². The first-order chi connectivity index (χ1) is 17.4. The van der Waals surface area contributed by atoms with Gasteiger partial charge < -0.3 is 13.9 Å². The van der Waals surface area contributed by atoms with Crippen LogP contribution in [0.15, 0.2) is 69.9 Å². The quantitative estimate of drug-likeness (QED) is 0.281. The van der Waals surface area contributed by atoms with Crippen molar-refractivity contribution in [1.82, 2.24) is 4.90 Å². The molecule has 0 aliphatic carbocycles. The van der Waals surface area contributed by atoms with E-state index in [-0.39, 0.29) is 0 Å². The Morgan fingerprint density at radius 1 is 0.972 bits per heavy atom. The van der Waals surface area contributed by atoms with E-state index in [0.717, 1.165) is 71.6 Å². The molecule has 0 radical (unpaired) electrons. The Labute approximate surface area is 210 Å². The van der Waals surface area contributed by atoms with Crippen molar-refractivity contribution < 1.29 is 18.7 Å². The van der Waals surface area contributed by atoms with Crippen LogP contribution in [0.2, 0.25) is 0 Å². The molecular formula is C30H29NO5. The molecule has 5 rings (SSSR count). The first-order valence-electron chi connectivity index (χ1n) is 12.1. The molecule has 184 valence electrons. The number of hydrogen-bond acceptors (Lipinski definition) is 6. The molecule has 6 heteroatoms. The van der Waals surface area contributed by atoms with Crippen LogP contribution >= 0.6 is 0 Å². The fourth-order valence-electron chi connectivity index (χ4n) is 5.09. The molecular weight excluding hydrogens is 454 g/mol. The van der Waals surface area contributed by atoms with Crippen LogP contribution in [-0.4, -0.2) is 44.3 Å². The number of benzene rings is 3. The van der Waals surface area contributed by atoms with Gasteiger partial charge in [0.05, 0.1) is 25.9 Å². The van der Waals surface area contributed by atoms with Crippen LogP contribution in [0.25, 0.3) is 33.2 Å². The van der Waals surface area contributed by atoms with Gasteiger partial charge in [0.25, 0.3) is 0 Å². The SMILES string of the molecule is COC(=O)c1cccc(-c2cc(=O)oc3cc(C)c(-c4ccc(CN5CCOCC5)cc4)c(C)c23)c1. The molecule has 1 saturated heterocycles. The lowest BCUT2D eigenvalue weighted by Gasteiger charge is -2.26. The summed E-state index contributed by atoms with van der Waals surface area (Å²) >= 11 is 0. The fraction of sp³-hybridized carbons (Fsp3) is 0.267. The molecule has 0 amide bonds. The number of aryl methyl sites for hydroxylation is 2. The molecule has 0 atom stereocenters. The second-order valence-corrected chi connectivity index (χ2v) is 9.20. The molecule has 4 aromatic rings. The van der Waals surface area contributed by atoms with Crippen LogP contribution in [0.4, 0.5) is 0 Å². The molecule has 1 aromatic heterocycles. The van der Waals surface area contributed by atoms with E-state index < -0.39 is 11.6 Å². The van der Waals surface area contributed by atoms with Crippen molar-refractivity contribution in [3.8, 4) is 22.3 Å². The van der Waals surface area contributed by atoms with Gasteiger partial charge in [-0.05, 0) is 65.4 Å². The molecule has 0 saturated carbocycles. The maximum absolute atomic E-state index is 12.5. The van der Waals surface area contributed by atoms with Crippen LogP contribution in [-0.2, 0) is 16.0 Å². The standard InChI is InChI=1S/C30H29NO5/c1-19-15-26-29(25(17-27(32)36-26)23-5-4-6-24(16-23)30(33)34-3)20(2)28(19)22-9-7-21(8-10-22)18-31-11-13-35-14-12-31/h4-10,15-17H,11-14,18H2,1-3H3. The monoisotopic (exact) mass is 483 g/mol. The Morgan fingerprint density at radius 3 is 2.44 bits per heavy atom. The number of nitrogens with zero attached hydrogens (tertiary/aromatic N) is 1.